The minimum absolute atomic E-state index is 0.000217. The highest BCUT2D eigenvalue weighted by Crippen LogP contribution is 2.28. The van der Waals surface area contributed by atoms with Gasteiger partial charge < -0.3 is 15.0 Å². The second-order valence-electron chi connectivity index (χ2n) is 6.44. The van der Waals surface area contributed by atoms with Crippen LogP contribution in [0.3, 0.4) is 0 Å². The maximum atomic E-state index is 13.1. The Morgan fingerprint density at radius 3 is 2.75 bits per heavy atom. The van der Waals surface area contributed by atoms with Gasteiger partial charge in [0, 0.05) is 19.6 Å². The van der Waals surface area contributed by atoms with Crippen molar-refractivity contribution in [2.24, 2.45) is 5.92 Å². The van der Waals surface area contributed by atoms with Crippen LogP contribution in [0.15, 0.2) is 47.8 Å². The van der Waals surface area contributed by atoms with Gasteiger partial charge in [0.05, 0.1) is 7.11 Å². The number of hydrogen-bond donors (Lipinski definition) is 1. The molecule has 24 heavy (non-hydrogen) atoms. The van der Waals surface area contributed by atoms with E-state index in [1.807, 2.05) is 17.1 Å². The lowest BCUT2D eigenvalue weighted by Gasteiger charge is -2.32. The van der Waals surface area contributed by atoms with Crippen molar-refractivity contribution in [3.05, 3.63) is 47.8 Å². The van der Waals surface area contributed by atoms with Crippen LogP contribution < -0.4 is 5.32 Å². The molecule has 0 aromatic rings. The summed E-state index contributed by atoms with van der Waals surface area (Å²) in [7, 11) is 1.61. The standard InChI is InChI=1S/C20H30N2O2/c1-5-8-17-9-11-21-13-18(17)19(24-4)20(23)22-12-10-15(6-2)16(7-3)14-22/h6-7,17,21H,2-3,5,8-14H2,1,4H3/b19-18-. The van der Waals surface area contributed by atoms with Gasteiger partial charge in [0.1, 0.15) is 0 Å². The Morgan fingerprint density at radius 2 is 2.12 bits per heavy atom. The molecule has 1 N–H and O–H groups in total. The first-order chi connectivity index (χ1) is 11.7. The van der Waals surface area contributed by atoms with Crippen molar-refractivity contribution in [3.8, 4) is 0 Å². The van der Waals surface area contributed by atoms with Gasteiger partial charge in [0.25, 0.3) is 5.91 Å². The van der Waals surface area contributed by atoms with Gasteiger partial charge in [-0.1, -0.05) is 38.7 Å². The molecule has 1 saturated heterocycles. The third kappa shape index (κ3) is 3.99. The predicted octanol–water partition coefficient (Wildman–Crippen LogP) is 3.20. The third-order valence-electron chi connectivity index (χ3n) is 5.01. The molecular formula is C20H30N2O2. The fourth-order valence-corrected chi connectivity index (χ4v) is 3.65. The Bertz CT molecular complexity index is 558. The number of nitrogens with zero attached hydrogens (tertiary/aromatic N) is 1. The number of allylic oxidation sites excluding steroid dienone is 1. The van der Waals surface area contributed by atoms with Gasteiger partial charge in [-0.15, -0.1) is 0 Å². The summed E-state index contributed by atoms with van der Waals surface area (Å²) < 4.78 is 5.59. The minimum Gasteiger partial charge on any atom is -0.491 e. The number of carbonyl (C=O) groups excluding carboxylic acids is 1. The van der Waals surface area contributed by atoms with E-state index in [-0.39, 0.29) is 5.91 Å². The van der Waals surface area contributed by atoms with E-state index in [2.05, 4.69) is 25.4 Å². The topological polar surface area (TPSA) is 41.6 Å². The summed E-state index contributed by atoms with van der Waals surface area (Å²) in [5.41, 5.74) is 3.40. The third-order valence-corrected chi connectivity index (χ3v) is 5.01. The Balaban J connectivity index is 2.25. The molecule has 4 heteroatoms. The summed E-state index contributed by atoms with van der Waals surface area (Å²) in [5.74, 6) is 0.976. The van der Waals surface area contributed by atoms with Crippen molar-refractivity contribution < 1.29 is 9.53 Å². The maximum absolute atomic E-state index is 13.1. The molecule has 2 rings (SSSR count). The molecule has 1 fully saturated rings. The van der Waals surface area contributed by atoms with Crippen molar-refractivity contribution >= 4 is 5.91 Å². The second-order valence-corrected chi connectivity index (χ2v) is 6.44. The summed E-state index contributed by atoms with van der Waals surface area (Å²) >= 11 is 0. The molecule has 0 spiro atoms. The van der Waals surface area contributed by atoms with Crippen LogP contribution in [0.25, 0.3) is 0 Å². The smallest absolute Gasteiger partial charge is 0.289 e. The summed E-state index contributed by atoms with van der Waals surface area (Å²) in [6.45, 7) is 12.9. The lowest BCUT2D eigenvalue weighted by Crippen LogP contribution is -2.40. The highest BCUT2D eigenvalue weighted by molar-refractivity contribution is 5.93. The number of rotatable bonds is 6. The number of nitrogens with one attached hydrogen (secondary N) is 1. The summed E-state index contributed by atoms with van der Waals surface area (Å²) in [6, 6.07) is 0. The first-order valence-corrected chi connectivity index (χ1v) is 8.90. The van der Waals surface area contributed by atoms with Crippen LogP contribution in [0.4, 0.5) is 0 Å². The van der Waals surface area contributed by atoms with Crippen LogP contribution >= 0.6 is 0 Å². The van der Waals surface area contributed by atoms with Crippen LogP contribution in [-0.4, -0.2) is 44.1 Å². The Kier molecular flexibility index (Phi) is 6.85. The molecular weight excluding hydrogens is 300 g/mol. The van der Waals surface area contributed by atoms with Crippen LogP contribution in [0.1, 0.15) is 32.6 Å². The fourth-order valence-electron chi connectivity index (χ4n) is 3.65. The maximum Gasteiger partial charge on any atom is 0.289 e. The van der Waals surface area contributed by atoms with Gasteiger partial charge in [-0.25, -0.2) is 0 Å². The van der Waals surface area contributed by atoms with Crippen molar-refractivity contribution in [1.29, 1.82) is 0 Å². The summed E-state index contributed by atoms with van der Waals surface area (Å²) in [6.07, 6.45) is 7.82. The predicted molar refractivity (Wildman–Crippen MR) is 98.5 cm³/mol. The van der Waals surface area contributed by atoms with Gasteiger partial charge >= 0.3 is 0 Å². The molecule has 2 heterocycles. The zero-order valence-electron chi connectivity index (χ0n) is 15.1. The monoisotopic (exact) mass is 330 g/mol. The Labute approximate surface area is 145 Å². The molecule has 0 saturated carbocycles. The van der Waals surface area contributed by atoms with Crippen LogP contribution in [0, 0.1) is 5.92 Å². The van der Waals surface area contributed by atoms with Gasteiger partial charge in [0.2, 0.25) is 0 Å². The quantitative estimate of drug-likeness (QED) is 0.601. The molecule has 0 aromatic heterocycles. The van der Waals surface area contributed by atoms with E-state index in [1.54, 1.807) is 7.11 Å². The zero-order chi connectivity index (χ0) is 17.5. The normalized spacial score (nSPS) is 23.8. The number of amides is 1. The van der Waals surface area contributed by atoms with Crippen molar-refractivity contribution in [3.63, 3.8) is 0 Å². The number of ether oxygens (including phenoxy) is 1. The number of hydrogen-bond acceptors (Lipinski definition) is 3. The molecule has 132 valence electrons. The van der Waals surface area contributed by atoms with E-state index >= 15 is 0 Å². The first kappa shape index (κ1) is 18.5. The lowest BCUT2D eigenvalue weighted by atomic mass is 9.87. The SMILES string of the molecule is C=CC1=C(C=C)CN(C(=O)/C(OC)=C2\CNCCC2CCC)CC1. The van der Waals surface area contributed by atoms with E-state index in [1.165, 1.54) is 5.57 Å². The average molecular weight is 330 g/mol. The molecule has 1 amide bonds. The summed E-state index contributed by atoms with van der Waals surface area (Å²) in [5, 5.41) is 3.38. The van der Waals surface area contributed by atoms with E-state index < -0.39 is 0 Å². The highest BCUT2D eigenvalue weighted by Gasteiger charge is 2.30. The molecule has 0 aliphatic carbocycles. The van der Waals surface area contributed by atoms with Gasteiger partial charge in [-0.2, -0.15) is 0 Å². The Hall–Kier alpha value is -1.81. The van der Waals surface area contributed by atoms with E-state index in [0.717, 1.165) is 49.9 Å². The number of piperidine rings is 1. The molecule has 2 aliphatic heterocycles. The van der Waals surface area contributed by atoms with Crippen molar-refractivity contribution in [2.75, 3.05) is 33.3 Å². The van der Waals surface area contributed by atoms with Gasteiger partial charge in [-0.3, -0.25) is 4.79 Å². The largest absolute Gasteiger partial charge is 0.491 e. The van der Waals surface area contributed by atoms with Crippen molar-refractivity contribution in [1.82, 2.24) is 10.2 Å². The molecule has 1 unspecified atom stereocenters. The van der Waals surface area contributed by atoms with Crippen LogP contribution in [0.2, 0.25) is 0 Å². The molecule has 4 nitrogen and oxygen atoms in total. The minimum atomic E-state index is -0.000217. The fraction of sp³-hybridized carbons (Fsp3) is 0.550. The molecule has 1 atom stereocenters. The molecule has 2 aliphatic rings. The summed E-state index contributed by atoms with van der Waals surface area (Å²) in [4.78, 5) is 14.9. The first-order valence-electron chi connectivity index (χ1n) is 8.90. The number of methoxy groups -OCH3 is 1. The molecule has 0 aromatic carbocycles. The average Bonchev–Trinajstić information content (AvgIpc) is 2.63. The lowest BCUT2D eigenvalue weighted by molar-refractivity contribution is -0.130. The van der Waals surface area contributed by atoms with E-state index in [0.29, 0.717) is 24.8 Å². The molecule has 0 radical (unpaired) electrons. The van der Waals surface area contributed by atoms with E-state index in [9.17, 15) is 4.79 Å². The van der Waals surface area contributed by atoms with Gasteiger partial charge in [0.15, 0.2) is 5.76 Å². The van der Waals surface area contributed by atoms with Crippen LogP contribution in [-0.2, 0) is 9.53 Å². The van der Waals surface area contributed by atoms with Crippen LogP contribution in [0.5, 0.6) is 0 Å². The zero-order valence-corrected chi connectivity index (χ0v) is 15.1. The molecule has 0 bridgehead atoms. The number of carbonyl (C=O) groups is 1. The van der Waals surface area contributed by atoms with Crippen molar-refractivity contribution in [2.45, 2.75) is 32.6 Å². The second kappa shape index (κ2) is 8.88. The highest BCUT2D eigenvalue weighted by atomic mass is 16.5. The Morgan fingerprint density at radius 1 is 1.38 bits per heavy atom. The van der Waals surface area contributed by atoms with Gasteiger partial charge in [-0.05, 0) is 48.4 Å². The van der Waals surface area contributed by atoms with E-state index in [4.69, 9.17) is 4.74 Å².